The van der Waals surface area contributed by atoms with Crippen LogP contribution < -0.4 is 5.43 Å². The zero-order valence-electron chi connectivity index (χ0n) is 7.71. The first-order chi connectivity index (χ1) is 7.13. The molecule has 1 aromatic carbocycles. The summed E-state index contributed by atoms with van der Waals surface area (Å²) in [4.78, 5) is 10.6. The third-order valence-electron chi connectivity index (χ3n) is 1.55. The van der Waals surface area contributed by atoms with Gasteiger partial charge in [0.15, 0.2) is 0 Å². The number of carbonyl (C=O) groups is 1. The Hall–Kier alpha value is -2.08. The van der Waals surface area contributed by atoms with Gasteiger partial charge in [0.05, 0.1) is 6.21 Å². The maximum Gasteiger partial charge on any atom is 0.265 e. The second-order valence-electron chi connectivity index (χ2n) is 2.69. The molecule has 0 spiro atoms. The second kappa shape index (κ2) is 4.97. The molecule has 0 radical (unpaired) electrons. The van der Waals surface area contributed by atoms with Crippen molar-refractivity contribution in [2.45, 2.75) is 0 Å². The number of rotatable bonds is 3. The number of aliphatic hydroxyl groups excluding tert-OH is 1. The van der Waals surface area contributed by atoms with Crippen LogP contribution in [0.25, 0.3) is 0 Å². The summed E-state index contributed by atoms with van der Waals surface area (Å²) >= 11 is 0. The molecule has 15 heavy (non-hydrogen) atoms. The SMILES string of the molecule is O=C(CO)NN=Cc1ccc(O)cc1O. The summed E-state index contributed by atoms with van der Waals surface area (Å²) < 4.78 is 0. The molecule has 0 fully saturated rings. The van der Waals surface area contributed by atoms with Crippen LogP contribution in [0, 0.1) is 0 Å². The lowest BCUT2D eigenvalue weighted by Gasteiger charge is -1.99. The molecule has 0 heterocycles. The van der Waals surface area contributed by atoms with Crippen molar-refractivity contribution < 1.29 is 20.1 Å². The highest BCUT2D eigenvalue weighted by Gasteiger charge is 1.99. The highest BCUT2D eigenvalue weighted by Crippen LogP contribution is 2.20. The summed E-state index contributed by atoms with van der Waals surface area (Å²) in [5.74, 6) is -0.870. The van der Waals surface area contributed by atoms with Crippen LogP contribution in [0.1, 0.15) is 5.56 Å². The molecule has 0 bridgehead atoms. The molecule has 80 valence electrons. The van der Waals surface area contributed by atoms with E-state index in [2.05, 4.69) is 5.10 Å². The third kappa shape index (κ3) is 3.28. The number of phenolic OH excluding ortho intramolecular Hbond substituents is 2. The lowest BCUT2D eigenvalue weighted by molar-refractivity contribution is -0.123. The van der Waals surface area contributed by atoms with Gasteiger partial charge in [-0.1, -0.05) is 0 Å². The third-order valence-corrected chi connectivity index (χ3v) is 1.55. The lowest BCUT2D eigenvalue weighted by atomic mass is 10.2. The van der Waals surface area contributed by atoms with Crippen LogP contribution in [0.4, 0.5) is 0 Å². The van der Waals surface area contributed by atoms with Gasteiger partial charge in [-0.05, 0) is 12.1 Å². The number of aliphatic hydroxyl groups is 1. The molecule has 1 amide bonds. The zero-order valence-corrected chi connectivity index (χ0v) is 7.71. The Morgan fingerprint density at radius 2 is 2.20 bits per heavy atom. The van der Waals surface area contributed by atoms with E-state index in [4.69, 9.17) is 10.2 Å². The quantitative estimate of drug-likeness (QED) is 0.400. The minimum atomic E-state index is -0.654. The van der Waals surface area contributed by atoms with Crippen molar-refractivity contribution in [1.29, 1.82) is 0 Å². The molecule has 6 nitrogen and oxygen atoms in total. The molecule has 1 rings (SSSR count). The van der Waals surface area contributed by atoms with E-state index in [0.29, 0.717) is 5.56 Å². The molecular weight excluding hydrogens is 200 g/mol. The summed E-state index contributed by atoms with van der Waals surface area (Å²) in [7, 11) is 0. The summed E-state index contributed by atoms with van der Waals surface area (Å²) in [6.45, 7) is -0.654. The van der Waals surface area contributed by atoms with Crippen LogP contribution in [0.2, 0.25) is 0 Å². The number of amides is 1. The van der Waals surface area contributed by atoms with Gasteiger partial charge in [-0.25, -0.2) is 5.43 Å². The first-order valence-electron chi connectivity index (χ1n) is 4.08. The van der Waals surface area contributed by atoms with Crippen LogP contribution in [0.3, 0.4) is 0 Å². The van der Waals surface area contributed by atoms with Crippen molar-refractivity contribution in [3.8, 4) is 11.5 Å². The molecule has 1 aromatic rings. The fourth-order valence-electron chi connectivity index (χ4n) is 0.850. The summed E-state index contributed by atoms with van der Waals surface area (Å²) in [6, 6.07) is 3.95. The minimum Gasteiger partial charge on any atom is -0.508 e. The normalized spacial score (nSPS) is 10.5. The van der Waals surface area contributed by atoms with Crippen LogP contribution in [0.15, 0.2) is 23.3 Å². The van der Waals surface area contributed by atoms with Crippen molar-refractivity contribution >= 4 is 12.1 Å². The van der Waals surface area contributed by atoms with E-state index in [-0.39, 0.29) is 11.5 Å². The number of hydrogen-bond acceptors (Lipinski definition) is 5. The number of hydrogen-bond donors (Lipinski definition) is 4. The van der Waals surface area contributed by atoms with Gasteiger partial charge in [-0.3, -0.25) is 4.79 Å². The lowest BCUT2D eigenvalue weighted by Crippen LogP contribution is -2.20. The summed E-state index contributed by atoms with van der Waals surface area (Å²) in [6.07, 6.45) is 1.20. The number of phenols is 2. The van der Waals surface area contributed by atoms with E-state index in [1.54, 1.807) is 0 Å². The van der Waals surface area contributed by atoms with Gasteiger partial charge >= 0.3 is 0 Å². The van der Waals surface area contributed by atoms with Crippen molar-refractivity contribution in [1.82, 2.24) is 5.43 Å². The Labute approximate surface area is 85.5 Å². The van der Waals surface area contributed by atoms with Gasteiger partial charge in [0, 0.05) is 11.6 Å². The van der Waals surface area contributed by atoms with Crippen molar-refractivity contribution in [3.63, 3.8) is 0 Å². The van der Waals surface area contributed by atoms with E-state index >= 15 is 0 Å². The van der Waals surface area contributed by atoms with Crippen molar-refractivity contribution in [2.24, 2.45) is 5.10 Å². The topological polar surface area (TPSA) is 102 Å². The number of carbonyl (C=O) groups excluding carboxylic acids is 1. The summed E-state index contributed by atoms with van der Waals surface area (Å²) in [5, 5.41) is 30.1. The van der Waals surface area contributed by atoms with Crippen molar-refractivity contribution in [3.05, 3.63) is 23.8 Å². The molecule has 0 saturated carbocycles. The summed E-state index contributed by atoms with van der Waals surface area (Å²) in [5.41, 5.74) is 2.37. The minimum absolute atomic E-state index is 0.0657. The molecule has 0 unspecified atom stereocenters. The predicted molar refractivity (Wildman–Crippen MR) is 52.6 cm³/mol. The fourth-order valence-corrected chi connectivity index (χ4v) is 0.850. The Bertz CT molecular complexity index is 390. The van der Waals surface area contributed by atoms with E-state index in [1.807, 2.05) is 5.43 Å². The van der Waals surface area contributed by atoms with Gasteiger partial charge < -0.3 is 15.3 Å². The fraction of sp³-hybridized carbons (Fsp3) is 0.111. The number of nitrogens with one attached hydrogen (secondary N) is 1. The molecule has 0 aliphatic rings. The average Bonchev–Trinajstić information content (AvgIpc) is 2.21. The Morgan fingerprint density at radius 1 is 1.47 bits per heavy atom. The van der Waals surface area contributed by atoms with Crippen LogP contribution in [-0.2, 0) is 4.79 Å². The standard InChI is InChI=1S/C9H10N2O4/c12-5-9(15)11-10-4-6-1-2-7(13)3-8(6)14/h1-4,12-14H,5H2,(H,11,15). The van der Waals surface area contributed by atoms with Crippen LogP contribution in [0.5, 0.6) is 11.5 Å². The number of nitrogens with zero attached hydrogens (tertiary/aromatic N) is 1. The molecule has 0 aromatic heterocycles. The molecule has 0 aliphatic heterocycles. The molecule has 4 N–H and O–H groups in total. The van der Waals surface area contributed by atoms with Gasteiger partial charge in [0.2, 0.25) is 0 Å². The number of aromatic hydroxyl groups is 2. The highest BCUT2D eigenvalue weighted by atomic mass is 16.3. The predicted octanol–water partition coefficient (Wildman–Crippen LogP) is -0.460. The monoisotopic (exact) mass is 210 g/mol. The van der Waals surface area contributed by atoms with E-state index < -0.39 is 12.5 Å². The van der Waals surface area contributed by atoms with Crippen molar-refractivity contribution in [2.75, 3.05) is 6.61 Å². The Kier molecular flexibility index (Phi) is 3.64. The van der Waals surface area contributed by atoms with Crippen LogP contribution in [-0.4, -0.2) is 34.0 Å². The van der Waals surface area contributed by atoms with E-state index in [1.165, 1.54) is 18.3 Å². The van der Waals surface area contributed by atoms with Crippen LogP contribution >= 0.6 is 0 Å². The molecule has 0 saturated heterocycles. The smallest absolute Gasteiger partial charge is 0.265 e. The maximum absolute atomic E-state index is 10.6. The van der Waals surface area contributed by atoms with Gasteiger partial charge in [-0.15, -0.1) is 0 Å². The number of benzene rings is 1. The molecule has 0 aliphatic carbocycles. The van der Waals surface area contributed by atoms with E-state index in [9.17, 15) is 9.90 Å². The Morgan fingerprint density at radius 3 is 2.80 bits per heavy atom. The van der Waals surface area contributed by atoms with Gasteiger partial charge in [0.25, 0.3) is 5.91 Å². The molecule has 0 atom stereocenters. The largest absolute Gasteiger partial charge is 0.508 e. The zero-order chi connectivity index (χ0) is 11.3. The van der Waals surface area contributed by atoms with Gasteiger partial charge in [0.1, 0.15) is 18.1 Å². The van der Waals surface area contributed by atoms with E-state index in [0.717, 1.165) is 6.07 Å². The molecular formula is C9H10N2O4. The first-order valence-corrected chi connectivity index (χ1v) is 4.08. The number of hydrazone groups is 1. The highest BCUT2D eigenvalue weighted by molar-refractivity contribution is 5.85. The van der Waals surface area contributed by atoms with Gasteiger partial charge in [-0.2, -0.15) is 5.10 Å². The maximum atomic E-state index is 10.6. The second-order valence-corrected chi connectivity index (χ2v) is 2.69. The Balaban J connectivity index is 2.68. The molecule has 6 heteroatoms. The first kappa shape index (κ1) is 11.0. The average molecular weight is 210 g/mol.